The molecule has 1 N–H and O–H groups in total. The van der Waals surface area contributed by atoms with Crippen LogP contribution in [0.25, 0.3) is 0 Å². The highest BCUT2D eigenvalue weighted by molar-refractivity contribution is 5.84. The van der Waals surface area contributed by atoms with Gasteiger partial charge in [0.05, 0.1) is 0 Å². The van der Waals surface area contributed by atoms with E-state index >= 15 is 0 Å². The fourth-order valence-corrected chi connectivity index (χ4v) is 1.29. The van der Waals surface area contributed by atoms with Gasteiger partial charge in [-0.1, -0.05) is 30.3 Å². The van der Waals surface area contributed by atoms with Gasteiger partial charge in [0.2, 0.25) is 0 Å². The molecule has 3 heteroatoms. The van der Waals surface area contributed by atoms with Crippen molar-refractivity contribution in [1.82, 2.24) is 5.32 Å². The summed E-state index contributed by atoms with van der Waals surface area (Å²) in [6.45, 7) is 0.698. The van der Waals surface area contributed by atoms with Crippen molar-refractivity contribution in [2.24, 2.45) is 0 Å². The molecule has 0 radical (unpaired) electrons. The Morgan fingerprint density at radius 3 is 2.71 bits per heavy atom. The summed E-state index contributed by atoms with van der Waals surface area (Å²) in [5.74, 6) is -0.282. The summed E-state index contributed by atoms with van der Waals surface area (Å²) in [7, 11) is 0. The summed E-state index contributed by atoms with van der Waals surface area (Å²) >= 11 is 0. The monoisotopic (exact) mass is 189 g/mol. The molecule has 1 aromatic carbocycles. The van der Waals surface area contributed by atoms with Crippen molar-refractivity contribution in [3.63, 3.8) is 0 Å². The largest absolute Gasteiger partial charge is 0.440 e. The van der Waals surface area contributed by atoms with Crippen molar-refractivity contribution in [2.45, 2.75) is 12.8 Å². The van der Waals surface area contributed by atoms with Gasteiger partial charge in [0.1, 0.15) is 0 Å². The Kier molecular flexibility index (Phi) is 2.60. The number of hydrogen-bond acceptors (Lipinski definition) is 3. The Morgan fingerprint density at radius 1 is 1.29 bits per heavy atom. The van der Waals surface area contributed by atoms with Crippen LogP contribution < -0.4 is 5.32 Å². The van der Waals surface area contributed by atoms with Crippen LogP contribution in [-0.4, -0.2) is 12.2 Å². The van der Waals surface area contributed by atoms with Crippen LogP contribution in [0, 0.1) is 0 Å². The van der Waals surface area contributed by atoms with Crippen LogP contribution in [0.2, 0.25) is 0 Å². The van der Waals surface area contributed by atoms with Crippen molar-refractivity contribution >= 4 is 5.97 Å². The summed E-state index contributed by atoms with van der Waals surface area (Å²) in [5, 5.41) is 3.10. The summed E-state index contributed by atoms with van der Waals surface area (Å²) < 4.78 is 4.92. The predicted molar refractivity (Wildman–Crippen MR) is 52.3 cm³/mol. The number of esters is 1. The fraction of sp³-hybridized carbons (Fsp3) is 0.182. The molecule has 0 fully saturated rings. The van der Waals surface area contributed by atoms with Crippen molar-refractivity contribution in [1.29, 1.82) is 0 Å². The lowest BCUT2D eigenvalue weighted by molar-refractivity contribution is -0.139. The van der Waals surface area contributed by atoms with Crippen molar-refractivity contribution in [2.75, 3.05) is 0 Å². The SMILES string of the molecule is O=C1C=CC(NCc2ccccc2)O1. The second-order valence-electron chi connectivity index (χ2n) is 3.08. The van der Waals surface area contributed by atoms with E-state index in [0.717, 1.165) is 0 Å². The van der Waals surface area contributed by atoms with E-state index in [-0.39, 0.29) is 12.2 Å². The first-order valence-electron chi connectivity index (χ1n) is 4.51. The normalized spacial score (nSPS) is 19.7. The average molecular weight is 189 g/mol. The molecule has 72 valence electrons. The van der Waals surface area contributed by atoms with Crippen LogP contribution in [0.3, 0.4) is 0 Å². The Hall–Kier alpha value is -1.61. The van der Waals surface area contributed by atoms with Gasteiger partial charge in [-0.3, -0.25) is 5.32 Å². The van der Waals surface area contributed by atoms with E-state index in [9.17, 15) is 4.79 Å². The minimum atomic E-state index is -0.282. The quantitative estimate of drug-likeness (QED) is 0.726. The molecule has 1 heterocycles. The molecule has 0 saturated heterocycles. The van der Waals surface area contributed by atoms with E-state index in [2.05, 4.69) is 5.32 Å². The van der Waals surface area contributed by atoms with Gasteiger partial charge in [0, 0.05) is 12.6 Å². The van der Waals surface area contributed by atoms with Gasteiger partial charge in [-0.05, 0) is 11.6 Å². The maximum absolute atomic E-state index is 10.7. The Balaban J connectivity index is 1.84. The number of nitrogens with one attached hydrogen (secondary N) is 1. The highest BCUT2D eigenvalue weighted by atomic mass is 16.6. The lowest BCUT2D eigenvalue weighted by Gasteiger charge is -2.10. The van der Waals surface area contributed by atoms with E-state index in [0.29, 0.717) is 6.54 Å². The molecule has 14 heavy (non-hydrogen) atoms. The molecule has 1 aliphatic rings. The second kappa shape index (κ2) is 4.07. The third-order valence-electron chi connectivity index (χ3n) is 2.00. The van der Waals surface area contributed by atoms with Crippen molar-refractivity contribution in [3.05, 3.63) is 48.0 Å². The van der Waals surface area contributed by atoms with Crippen molar-refractivity contribution in [3.8, 4) is 0 Å². The maximum atomic E-state index is 10.7. The van der Waals surface area contributed by atoms with Gasteiger partial charge in [-0.25, -0.2) is 4.79 Å². The number of benzene rings is 1. The number of hydrogen-bond donors (Lipinski definition) is 1. The van der Waals surface area contributed by atoms with Crippen LogP contribution in [0.1, 0.15) is 5.56 Å². The number of cyclic esters (lactones) is 1. The van der Waals surface area contributed by atoms with Gasteiger partial charge in [0.25, 0.3) is 0 Å². The molecule has 0 spiro atoms. The molecule has 2 rings (SSSR count). The van der Waals surface area contributed by atoms with Gasteiger partial charge in [0.15, 0.2) is 6.23 Å². The van der Waals surface area contributed by atoms with Crippen LogP contribution >= 0.6 is 0 Å². The smallest absolute Gasteiger partial charge is 0.332 e. The zero-order valence-corrected chi connectivity index (χ0v) is 7.64. The van der Waals surface area contributed by atoms with Gasteiger partial charge < -0.3 is 4.74 Å². The summed E-state index contributed by atoms with van der Waals surface area (Å²) in [6.07, 6.45) is 2.87. The molecule has 0 bridgehead atoms. The summed E-state index contributed by atoms with van der Waals surface area (Å²) in [6, 6.07) is 9.97. The van der Waals surface area contributed by atoms with Crippen LogP contribution in [-0.2, 0) is 16.1 Å². The summed E-state index contributed by atoms with van der Waals surface area (Å²) in [5.41, 5.74) is 1.17. The first-order chi connectivity index (χ1) is 6.84. The number of carbonyl (C=O) groups is 1. The zero-order chi connectivity index (χ0) is 9.80. The average Bonchev–Trinajstić information content (AvgIpc) is 2.63. The highest BCUT2D eigenvalue weighted by Crippen LogP contribution is 2.04. The van der Waals surface area contributed by atoms with E-state index in [1.807, 2.05) is 30.3 Å². The van der Waals surface area contributed by atoms with E-state index < -0.39 is 0 Å². The third-order valence-corrected chi connectivity index (χ3v) is 2.00. The van der Waals surface area contributed by atoms with Gasteiger partial charge in [-0.15, -0.1) is 0 Å². The van der Waals surface area contributed by atoms with Crippen LogP contribution in [0.15, 0.2) is 42.5 Å². The van der Waals surface area contributed by atoms with Crippen LogP contribution in [0.5, 0.6) is 0 Å². The predicted octanol–water partition coefficient (Wildman–Crippen LogP) is 1.22. The molecule has 1 atom stereocenters. The Bertz CT molecular complexity index is 346. The molecule has 3 nitrogen and oxygen atoms in total. The minimum absolute atomic E-state index is 0.275. The van der Waals surface area contributed by atoms with E-state index in [4.69, 9.17) is 4.74 Å². The molecule has 0 aromatic heterocycles. The standard InChI is InChI=1S/C11H11NO2/c13-11-7-6-10(14-11)12-8-9-4-2-1-3-5-9/h1-7,10,12H,8H2. The molecule has 1 aromatic rings. The number of carbonyl (C=O) groups excluding carboxylic acids is 1. The second-order valence-corrected chi connectivity index (χ2v) is 3.08. The Morgan fingerprint density at radius 2 is 2.07 bits per heavy atom. The highest BCUT2D eigenvalue weighted by Gasteiger charge is 2.14. The van der Waals surface area contributed by atoms with Crippen LogP contribution in [0.4, 0.5) is 0 Å². The summed E-state index contributed by atoms with van der Waals surface area (Å²) in [4.78, 5) is 10.7. The van der Waals surface area contributed by atoms with Gasteiger partial charge in [-0.2, -0.15) is 0 Å². The topological polar surface area (TPSA) is 38.3 Å². The van der Waals surface area contributed by atoms with Crippen molar-refractivity contribution < 1.29 is 9.53 Å². The third kappa shape index (κ3) is 2.20. The van der Waals surface area contributed by atoms with E-state index in [1.54, 1.807) is 6.08 Å². The lowest BCUT2D eigenvalue weighted by atomic mass is 10.2. The molecular weight excluding hydrogens is 178 g/mol. The molecule has 1 unspecified atom stereocenters. The van der Waals surface area contributed by atoms with Gasteiger partial charge >= 0.3 is 5.97 Å². The fourth-order valence-electron chi connectivity index (χ4n) is 1.29. The number of ether oxygens (including phenoxy) is 1. The minimum Gasteiger partial charge on any atom is -0.440 e. The Labute approximate surface area is 82.4 Å². The first-order valence-corrected chi connectivity index (χ1v) is 4.51. The first kappa shape index (κ1) is 8.97. The molecule has 1 aliphatic heterocycles. The molecule has 0 aliphatic carbocycles. The number of rotatable bonds is 3. The molecule has 0 saturated carbocycles. The lowest BCUT2D eigenvalue weighted by Crippen LogP contribution is -2.27. The zero-order valence-electron chi connectivity index (χ0n) is 7.64. The molecular formula is C11H11NO2. The van der Waals surface area contributed by atoms with E-state index in [1.165, 1.54) is 11.6 Å². The maximum Gasteiger partial charge on any atom is 0.332 e. The molecule has 0 amide bonds.